The molecule has 0 aliphatic carbocycles. The quantitative estimate of drug-likeness (QED) is 0.776. The van der Waals surface area contributed by atoms with Crippen molar-refractivity contribution in [1.29, 1.82) is 0 Å². The second-order valence-corrected chi connectivity index (χ2v) is 8.09. The number of amides is 2. The van der Waals surface area contributed by atoms with Gasteiger partial charge < -0.3 is 19.1 Å². The zero-order chi connectivity index (χ0) is 20.5. The van der Waals surface area contributed by atoms with Crippen LogP contribution >= 0.6 is 0 Å². The molecule has 3 heterocycles. The Morgan fingerprint density at radius 2 is 2.00 bits per heavy atom. The van der Waals surface area contributed by atoms with Gasteiger partial charge in [-0.05, 0) is 18.1 Å². The van der Waals surface area contributed by atoms with E-state index in [2.05, 4.69) is 24.0 Å². The van der Waals surface area contributed by atoms with Crippen molar-refractivity contribution < 1.29 is 14.3 Å². The minimum atomic E-state index is -0.0345. The number of nitrogens with zero attached hydrogens (tertiary/aromatic N) is 4. The first-order valence-electron chi connectivity index (χ1n) is 10.1. The van der Waals surface area contributed by atoms with Crippen molar-refractivity contribution in [3.63, 3.8) is 0 Å². The Morgan fingerprint density at radius 1 is 1.21 bits per heavy atom. The molecular weight excluding hydrogens is 368 g/mol. The molecule has 3 atom stereocenters. The first kappa shape index (κ1) is 19.6. The van der Waals surface area contributed by atoms with Crippen LogP contribution in [0.3, 0.4) is 0 Å². The van der Waals surface area contributed by atoms with Crippen molar-refractivity contribution in [2.45, 2.75) is 19.4 Å². The third kappa shape index (κ3) is 3.55. The van der Waals surface area contributed by atoms with Gasteiger partial charge in [0.15, 0.2) is 5.82 Å². The molecule has 0 spiro atoms. The minimum absolute atomic E-state index is 0.00951. The molecule has 2 saturated heterocycles. The highest BCUT2D eigenvalue weighted by Crippen LogP contribution is 2.46. The summed E-state index contributed by atoms with van der Waals surface area (Å²) in [6, 6.07) is 8.24. The van der Waals surface area contributed by atoms with E-state index in [1.54, 1.807) is 24.1 Å². The zero-order valence-corrected chi connectivity index (χ0v) is 17.2. The fourth-order valence-electron chi connectivity index (χ4n) is 4.83. The molecular formula is C22H28N4O3. The van der Waals surface area contributed by atoms with Gasteiger partial charge in [-0.3, -0.25) is 9.59 Å². The van der Waals surface area contributed by atoms with Crippen molar-refractivity contribution in [1.82, 2.24) is 19.4 Å². The summed E-state index contributed by atoms with van der Waals surface area (Å²) >= 11 is 0. The number of fused-ring (bicyclic) bond motifs is 1. The molecule has 0 bridgehead atoms. The van der Waals surface area contributed by atoms with E-state index in [0.717, 1.165) is 0 Å². The van der Waals surface area contributed by atoms with Gasteiger partial charge in [-0.1, -0.05) is 24.3 Å². The fourth-order valence-corrected chi connectivity index (χ4v) is 4.83. The molecule has 2 aliphatic rings. The lowest BCUT2D eigenvalue weighted by Gasteiger charge is -2.31. The number of aryl methyl sites for hydroxylation is 2. The SMILES string of the molecule is COCCC(=O)N1C[C@@H]2CN(C(=O)c3nccn3C)C[C@@H]2[C@H]1c1ccccc1C. The Hall–Kier alpha value is -2.67. The van der Waals surface area contributed by atoms with Crippen LogP contribution in [0, 0.1) is 18.8 Å². The van der Waals surface area contributed by atoms with E-state index in [1.165, 1.54) is 11.1 Å². The zero-order valence-electron chi connectivity index (χ0n) is 17.2. The molecule has 29 heavy (non-hydrogen) atoms. The fraction of sp³-hybridized carbons (Fsp3) is 0.500. The largest absolute Gasteiger partial charge is 0.384 e. The van der Waals surface area contributed by atoms with Gasteiger partial charge >= 0.3 is 0 Å². The van der Waals surface area contributed by atoms with Crippen LogP contribution in [0.5, 0.6) is 0 Å². The molecule has 0 saturated carbocycles. The number of hydrogen-bond acceptors (Lipinski definition) is 4. The summed E-state index contributed by atoms with van der Waals surface area (Å²) in [6.45, 7) is 4.49. The summed E-state index contributed by atoms with van der Waals surface area (Å²) in [4.78, 5) is 34.0. The molecule has 4 rings (SSSR count). The van der Waals surface area contributed by atoms with Crippen molar-refractivity contribution in [2.75, 3.05) is 33.4 Å². The number of imidazole rings is 1. The van der Waals surface area contributed by atoms with Gasteiger partial charge in [0.25, 0.3) is 5.91 Å². The number of benzene rings is 1. The average molecular weight is 396 g/mol. The molecule has 2 fully saturated rings. The lowest BCUT2D eigenvalue weighted by atomic mass is 9.87. The highest BCUT2D eigenvalue weighted by atomic mass is 16.5. The lowest BCUT2D eigenvalue weighted by molar-refractivity contribution is -0.133. The van der Waals surface area contributed by atoms with Crippen LogP contribution in [0.15, 0.2) is 36.7 Å². The third-order valence-electron chi connectivity index (χ3n) is 6.31. The highest BCUT2D eigenvalue weighted by Gasteiger charge is 2.50. The number of aromatic nitrogens is 2. The maximum absolute atomic E-state index is 13.0. The van der Waals surface area contributed by atoms with Gasteiger partial charge in [-0.2, -0.15) is 0 Å². The predicted molar refractivity (Wildman–Crippen MR) is 108 cm³/mol. The van der Waals surface area contributed by atoms with Gasteiger partial charge in [0.05, 0.1) is 19.1 Å². The van der Waals surface area contributed by atoms with E-state index >= 15 is 0 Å². The summed E-state index contributed by atoms with van der Waals surface area (Å²) in [7, 11) is 3.45. The van der Waals surface area contributed by atoms with Crippen molar-refractivity contribution >= 4 is 11.8 Å². The predicted octanol–water partition coefficient (Wildman–Crippen LogP) is 2.04. The van der Waals surface area contributed by atoms with Crippen LogP contribution in [0.1, 0.15) is 34.2 Å². The molecule has 0 radical (unpaired) electrons. The number of ether oxygens (including phenoxy) is 1. The first-order valence-corrected chi connectivity index (χ1v) is 10.1. The molecule has 1 aromatic carbocycles. The Kier molecular flexibility index (Phi) is 5.41. The summed E-state index contributed by atoms with van der Waals surface area (Å²) in [6.07, 6.45) is 3.82. The number of methoxy groups -OCH3 is 1. The van der Waals surface area contributed by atoms with Crippen LogP contribution in [0.25, 0.3) is 0 Å². The second kappa shape index (κ2) is 7.99. The smallest absolute Gasteiger partial charge is 0.289 e. The van der Waals surface area contributed by atoms with Crippen LogP contribution in [-0.4, -0.2) is 64.5 Å². The van der Waals surface area contributed by atoms with Crippen LogP contribution in [0.2, 0.25) is 0 Å². The standard InChI is InChI=1S/C22H28N4O3/c1-15-6-4-5-7-17(15)20-18-14-25(22(28)21-23-9-10-24(21)2)12-16(18)13-26(20)19(27)8-11-29-3/h4-7,9-10,16,18,20H,8,11-14H2,1-3H3/t16-,18-,20+/m0/s1. The van der Waals surface area contributed by atoms with Crippen LogP contribution in [0.4, 0.5) is 0 Å². The van der Waals surface area contributed by atoms with E-state index in [0.29, 0.717) is 38.5 Å². The minimum Gasteiger partial charge on any atom is -0.384 e. The molecule has 2 amide bonds. The number of carbonyl (C=O) groups excluding carboxylic acids is 2. The molecule has 7 heteroatoms. The van der Waals surface area contributed by atoms with Crippen molar-refractivity contribution in [3.05, 3.63) is 53.6 Å². The summed E-state index contributed by atoms with van der Waals surface area (Å²) in [5, 5.41) is 0. The second-order valence-electron chi connectivity index (χ2n) is 8.09. The summed E-state index contributed by atoms with van der Waals surface area (Å²) in [5.74, 6) is 1.05. The Labute approximate surface area is 171 Å². The monoisotopic (exact) mass is 396 g/mol. The summed E-state index contributed by atoms with van der Waals surface area (Å²) in [5.41, 5.74) is 2.36. The van der Waals surface area contributed by atoms with Gasteiger partial charge in [0.1, 0.15) is 0 Å². The normalized spacial score (nSPS) is 23.5. The van der Waals surface area contributed by atoms with E-state index < -0.39 is 0 Å². The highest BCUT2D eigenvalue weighted by molar-refractivity contribution is 5.91. The molecule has 0 unspecified atom stereocenters. The van der Waals surface area contributed by atoms with Gasteiger partial charge in [0, 0.05) is 58.0 Å². The number of carbonyl (C=O) groups is 2. The summed E-state index contributed by atoms with van der Waals surface area (Å²) < 4.78 is 6.88. The Bertz CT molecular complexity index is 909. The average Bonchev–Trinajstić information content (AvgIpc) is 3.40. The number of rotatable bonds is 5. The van der Waals surface area contributed by atoms with Crippen LogP contribution < -0.4 is 0 Å². The number of hydrogen-bond donors (Lipinski definition) is 0. The van der Waals surface area contributed by atoms with E-state index in [1.807, 2.05) is 29.0 Å². The third-order valence-corrected chi connectivity index (χ3v) is 6.31. The van der Waals surface area contributed by atoms with Gasteiger partial charge in [-0.15, -0.1) is 0 Å². The van der Waals surface area contributed by atoms with E-state index in [-0.39, 0.29) is 29.7 Å². The first-order chi connectivity index (χ1) is 14.0. The lowest BCUT2D eigenvalue weighted by Crippen LogP contribution is -2.38. The van der Waals surface area contributed by atoms with E-state index in [9.17, 15) is 9.59 Å². The molecule has 7 nitrogen and oxygen atoms in total. The number of likely N-dealkylation sites (tertiary alicyclic amines) is 2. The molecule has 0 N–H and O–H groups in total. The molecule has 1 aromatic heterocycles. The maximum atomic E-state index is 13.0. The molecule has 154 valence electrons. The van der Waals surface area contributed by atoms with E-state index in [4.69, 9.17) is 4.74 Å². The Balaban J connectivity index is 1.60. The maximum Gasteiger partial charge on any atom is 0.289 e. The molecule has 2 aliphatic heterocycles. The van der Waals surface area contributed by atoms with Crippen molar-refractivity contribution in [3.8, 4) is 0 Å². The van der Waals surface area contributed by atoms with Crippen molar-refractivity contribution in [2.24, 2.45) is 18.9 Å². The van der Waals surface area contributed by atoms with Crippen LogP contribution in [-0.2, 0) is 16.6 Å². The van der Waals surface area contributed by atoms with Gasteiger partial charge in [0.2, 0.25) is 5.91 Å². The topological polar surface area (TPSA) is 67.7 Å². The molecule has 2 aromatic rings. The van der Waals surface area contributed by atoms with Gasteiger partial charge in [-0.25, -0.2) is 4.98 Å². The Morgan fingerprint density at radius 3 is 2.69 bits per heavy atom.